The van der Waals surface area contributed by atoms with Gasteiger partial charge in [-0.05, 0) is 43.9 Å². The van der Waals surface area contributed by atoms with Crippen molar-refractivity contribution in [3.05, 3.63) is 23.8 Å². The molecular weight excluding hydrogens is 334 g/mol. The van der Waals surface area contributed by atoms with Crippen molar-refractivity contribution >= 4 is 29.2 Å². The second kappa shape index (κ2) is 7.35. The Morgan fingerprint density at radius 2 is 2.12 bits per heavy atom. The van der Waals surface area contributed by atoms with Crippen molar-refractivity contribution in [2.75, 3.05) is 23.4 Å². The van der Waals surface area contributed by atoms with Crippen molar-refractivity contribution in [1.82, 2.24) is 5.32 Å². The van der Waals surface area contributed by atoms with Crippen LogP contribution in [0.3, 0.4) is 0 Å². The molecule has 140 valence electrons. The zero-order valence-electron chi connectivity index (χ0n) is 15.4. The number of ether oxygens (including phenoxy) is 1. The predicted molar refractivity (Wildman–Crippen MR) is 98.2 cm³/mol. The van der Waals surface area contributed by atoms with Crippen molar-refractivity contribution in [3.8, 4) is 0 Å². The van der Waals surface area contributed by atoms with Crippen LogP contribution in [0, 0.1) is 5.92 Å². The van der Waals surface area contributed by atoms with Gasteiger partial charge in [0.1, 0.15) is 6.04 Å². The largest absolute Gasteiger partial charge is 0.452 e. The predicted octanol–water partition coefficient (Wildman–Crippen LogP) is 1.92. The third-order valence-electron chi connectivity index (χ3n) is 5.08. The van der Waals surface area contributed by atoms with Gasteiger partial charge >= 0.3 is 5.97 Å². The van der Waals surface area contributed by atoms with Crippen LogP contribution >= 0.6 is 0 Å². The van der Waals surface area contributed by atoms with Crippen molar-refractivity contribution in [2.24, 2.45) is 5.92 Å². The molecular formula is C19H25N3O4. The monoisotopic (exact) mass is 359 g/mol. The highest BCUT2D eigenvalue weighted by Gasteiger charge is 2.36. The van der Waals surface area contributed by atoms with Crippen LogP contribution in [-0.2, 0) is 14.3 Å². The van der Waals surface area contributed by atoms with Gasteiger partial charge in [0.15, 0.2) is 6.61 Å². The van der Waals surface area contributed by atoms with Crippen molar-refractivity contribution in [2.45, 2.75) is 45.7 Å². The molecule has 0 aliphatic carbocycles. The highest BCUT2D eigenvalue weighted by Crippen LogP contribution is 2.37. The lowest BCUT2D eigenvalue weighted by atomic mass is 10.1. The van der Waals surface area contributed by atoms with Gasteiger partial charge in [-0.25, -0.2) is 4.79 Å². The standard InChI is InChI=1S/C19H25N3O4/c1-11(2)12(3)20-17(23)10-26-19(25)13-6-7-15-14(9-13)21-18(24)16-5-4-8-22(15)16/h6-7,9,11-12,16H,4-5,8,10H2,1-3H3,(H,20,23)(H,21,24)/t12-,16+/m0/s1. The minimum Gasteiger partial charge on any atom is -0.452 e. The first-order valence-corrected chi connectivity index (χ1v) is 9.05. The Kier molecular flexibility index (Phi) is 5.15. The van der Waals surface area contributed by atoms with Gasteiger partial charge in [0.05, 0.1) is 16.9 Å². The van der Waals surface area contributed by atoms with E-state index in [1.54, 1.807) is 12.1 Å². The van der Waals surface area contributed by atoms with Crippen molar-refractivity contribution in [1.29, 1.82) is 0 Å². The maximum absolute atomic E-state index is 12.2. The second-order valence-electron chi connectivity index (χ2n) is 7.25. The summed E-state index contributed by atoms with van der Waals surface area (Å²) in [6.45, 7) is 6.42. The normalized spacial score (nSPS) is 19.5. The molecule has 1 saturated heterocycles. The lowest BCUT2D eigenvalue weighted by Gasteiger charge is -2.33. The molecule has 0 spiro atoms. The van der Waals surface area contributed by atoms with Gasteiger partial charge in [0.2, 0.25) is 5.91 Å². The first-order valence-electron chi connectivity index (χ1n) is 9.05. The Hall–Kier alpha value is -2.57. The number of carbonyl (C=O) groups excluding carboxylic acids is 3. The zero-order valence-corrected chi connectivity index (χ0v) is 15.4. The highest BCUT2D eigenvalue weighted by atomic mass is 16.5. The summed E-state index contributed by atoms with van der Waals surface area (Å²) < 4.78 is 5.10. The van der Waals surface area contributed by atoms with E-state index in [2.05, 4.69) is 15.5 Å². The van der Waals surface area contributed by atoms with Gasteiger partial charge < -0.3 is 20.3 Å². The topological polar surface area (TPSA) is 87.7 Å². The summed E-state index contributed by atoms with van der Waals surface area (Å²) in [5.74, 6) is -0.653. The molecule has 1 aromatic carbocycles. The average Bonchev–Trinajstić information content (AvgIpc) is 3.09. The molecule has 0 bridgehead atoms. The Balaban J connectivity index is 1.63. The molecule has 7 nitrogen and oxygen atoms in total. The van der Waals surface area contributed by atoms with Gasteiger partial charge in [0, 0.05) is 12.6 Å². The zero-order chi connectivity index (χ0) is 18.8. The number of fused-ring (bicyclic) bond motifs is 3. The fourth-order valence-electron chi connectivity index (χ4n) is 3.23. The van der Waals surface area contributed by atoms with Crippen LogP contribution in [0.5, 0.6) is 0 Å². The van der Waals surface area contributed by atoms with Gasteiger partial charge in [-0.15, -0.1) is 0 Å². The third kappa shape index (κ3) is 3.66. The summed E-state index contributed by atoms with van der Waals surface area (Å²) in [7, 11) is 0. The minimum atomic E-state index is -0.585. The number of esters is 1. The van der Waals surface area contributed by atoms with E-state index in [0.29, 0.717) is 17.2 Å². The Morgan fingerprint density at radius 1 is 1.35 bits per heavy atom. The summed E-state index contributed by atoms with van der Waals surface area (Å²) in [5.41, 5.74) is 1.85. The molecule has 2 aliphatic heterocycles. The van der Waals surface area contributed by atoms with Gasteiger partial charge in [-0.3, -0.25) is 9.59 Å². The van der Waals surface area contributed by atoms with E-state index in [1.165, 1.54) is 0 Å². The number of rotatable bonds is 5. The molecule has 2 aliphatic rings. The molecule has 0 aromatic heterocycles. The lowest BCUT2D eigenvalue weighted by molar-refractivity contribution is -0.125. The van der Waals surface area contributed by atoms with Crippen LogP contribution in [-0.4, -0.2) is 43.0 Å². The third-order valence-corrected chi connectivity index (χ3v) is 5.08. The summed E-state index contributed by atoms with van der Waals surface area (Å²) in [5, 5.41) is 5.65. The van der Waals surface area contributed by atoms with Gasteiger partial charge in [0.25, 0.3) is 5.91 Å². The second-order valence-corrected chi connectivity index (χ2v) is 7.25. The van der Waals surface area contributed by atoms with E-state index in [4.69, 9.17) is 4.74 Å². The number of carbonyl (C=O) groups is 3. The van der Waals surface area contributed by atoms with Crippen LogP contribution < -0.4 is 15.5 Å². The first-order chi connectivity index (χ1) is 12.4. The maximum Gasteiger partial charge on any atom is 0.338 e. The average molecular weight is 359 g/mol. The summed E-state index contributed by atoms with van der Waals surface area (Å²) >= 11 is 0. The lowest BCUT2D eigenvalue weighted by Crippen LogP contribution is -2.43. The number of amides is 2. The molecule has 3 rings (SSSR count). The Labute approximate surface area is 153 Å². The number of hydrogen-bond acceptors (Lipinski definition) is 5. The van der Waals surface area contributed by atoms with Crippen LogP contribution in [0.4, 0.5) is 11.4 Å². The molecule has 7 heteroatoms. The van der Waals surface area contributed by atoms with Gasteiger partial charge in [-0.1, -0.05) is 13.8 Å². The van der Waals surface area contributed by atoms with Crippen LogP contribution in [0.2, 0.25) is 0 Å². The Morgan fingerprint density at radius 3 is 2.85 bits per heavy atom. The fourth-order valence-corrected chi connectivity index (χ4v) is 3.23. The van der Waals surface area contributed by atoms with E-state index >= 15 is 0 Å². The maximum atomic E-state index is 12.2. The summed E-state index contributed by atoms with van der Waals surface area (Å²) in [6.07, 6.45) is 1.82. The number of anilines is 2. The molecule has 2 N–H and O–H groups in total. The van der Waals surface area contributed by atoms with E-state index in [1.807, 2.05) is 26.8 Å². The molecule has 1 aromatic rings. The van der Waals surface area contributed by atoms with Gasteiger partial charge in [-0.2, -0.15) is 0 Å². The van der Waals surface area contributed by atoms with Crippen LogP contribution in [0.15, 0.2) is 18.2 Å². The summed E-state index contributed by atoms with van der Waals surface area (Å²) in [4.78, 5) is 38.3. The summed E-state index contributed by atoms with van der Waals surface area (Å²) in [6, 6.07) is 4.99. The van der Waals surface area contributed by atoms with Crippen LogP contribution in [0.25, 0.3) is 0 Å². The van der Waals surface area contributed by atoms with Crippen LogP contribution in [0.1, 0.15) is 44.0 Å². The number of nitrogens with one attached hydrogen (secondary N) is 2. The number of nitrogens with zero attached hydrogens (tertiary/aromatic N) is 1. The molecule has 0 unspecified atom stereocenters. The molecule has 1 fully saturated rings. The van der Waals surface area contributed by atoms with E-state index in [9.17, 15) is 14.4 Å². The van der Waals surface area contributed by atoms with Crippen molar-refractivity contribution < 1.29 is 19.1 Å². The molecule has 2 amide bonds. The Bertz CT molecular complexity index is 731. The molecule has 2 heterocycles. The molecule has 0 saturated carbocycles. The molecule has 0 radical (unpaired) electrons. The minimum absolute atomic E-state index is 0.00793. The van der Waals surface area contributed by atoms with E-state index in [-0.39, 0.29) is 30.5 Å². The first kappa shape index (κ1) is 18.2. The number of benzene rings is 1. The SMILES string of the molecule is CC(C)[C@H](C)NC(=O)COC(=O)c1ccc2c(c1)NC(=O)[C@H]1CCCN21. The van der Waals surface area contributed by atoms with Crippen molar-refractivity contribution in [3.63, 3.8) is 0 Å². The fraction of sp³-hybridized carbons (Fsp3) is 0.526. The quantitative estimate of drug-likeness (QED) is 0.785. The number of hydrogen-bond donors (Lipinski definition) is 2. The highest BCUT2D eigenvalue weighted by molar-refractivity contribution is 6.05. The smallest absolute Gasteiger partial charge is 0.338 e. The molecule has 26 heavy (non-hydrogen) atoms. The van der Waals surface area contributed by atoms with E-state index < -0.39 is 5.97 Å². The van der Waals surface area contributed by atoms with E-state index in [0.717, 1.165) is 25.1 Å². The molecule has 2 atom stereocenters.